The molecule has 0 aliphatic rings. The van der Waals surface area contributed by atoms with Crippen molar-refractivity contribution in [3.8, 4) is 0 Å². The second-order valence-electron chi connectivity index (χ2n) is 5.61. The van der Waals surface area contributed by atoms with Gasteiger partial charge in [-0.05, 0) is 33.8 Å². The van der Waals surface area contributed by atoms with Gasteiger partial charge < -0.3 is 15.4 Å². The summed E-state index contributed by atoms with van der Waals surface area (Å²) in [6.07, 6.45) is 1.38. The smallest absolute Gasteiger partial charge is 0.407 e. The molecule has 1 atom stereocenters. The highest BCUT2D eigenvalue weighted by molar-refractivity contribution is 5.67. The Labute approximate surface area is 114 Å². The molecule has 0 aliphatic heterocycles. The zero-order valence-corrected chi connectivity index (χ0v) is 12.4. The van der Waals surface area contributed by atoms with Crippen LogP contribution in [0.4, 0.5) is 4.79 Å². The highest BCUT2D eigenvalue weighted by atomic mass is 16.6. The topological polar surface area (TPSA) is 68.2 Å². The Morgan fingerprint density at radius 2 is 2.21 bits per heavy atom. The number of hydrogen-bond acceptors (Lipinski definition) is 4. The molecule has 19 heavy (non-hydrogen) atoms. The van der Waals surface area contributed by atoms with Crippen molar-refractivity contribution in [3.05, 3.63) is 18.0 Å². The lowest BCUT2D eigenvalue weighted by Gasteiger charge is -2.21. The van der Waals surface area contributed by atoms with E-state index in [0.29, 0.717) is 13.1 Å². The monoisotopic (exact) mass is 268 g/mol. The van der Waals surface area contributed by atoms with E-state index in [1.165, 1.54) is 0 Å². The van der Waals surface area contributed by atoms with E-state index in [4.69, 9.17) is 4.74 Å². The molecule has 0 radical (unpaired) electrons. The minimum absolute atomic E-state index is 0.155. The summed E-state index contributed by atoms with van der Waals surface area (Å²) >= 11 is 0. The summed E-state index contributed by atoms with van der Waals surface area (Å²) in [6.45, 7) is 8.78. The molecule has 0 aromatic carbocycles. The number of alkyl carbamates (subject to hydrolysis) is 1. The summed E-state index contributed by atoms with van der Waals surface area (Å²) in [6, 6.07) is 2.11. The summed E-state index contributed by atoms with van der Waals surface area (Å²) in [4.78, 5) is 11.5. The molecule has 1 aromatic rings. The quantitative estimate of drug-likeness (QED) is 0.847. The number of carbonyl (C=O) groups excluding carboxylic acids is 1. The molecule has 0 aliphatic carbocycles. The maximum absolute atomic E-state index is 11.5. The van der Waals surface area contributed by atoms with Crippen molar-refractivity contribution in [1.29, 1.82) is 0 Å². The Hall–Kier alpha value is -1.56. The zero-order chi connectivity index (χ0) is 14.5. The number of nitrogens with zero attached hydrogens (tertiary/aromatic N) is 2. The van der Waals surface area contributed by atoms with Gasteiger partial charge in [0.05, 0.1) is 5.69 Å². The number of aromatic nitrogens is 2. The van der Waals surface area contributed by atoms with E-state index < -0.39 is 5.60 Å². The Kier molecular flexibility index (Phi) is 5.35. The second kappa shape index (κ2) is 6.56. The molecular formula is C13H24N4O2. The molecule has 108 valence electrons. The van der Waals surface area contributed by atoms with E-state index in [2.05, 4.69) is 15.7 Å². The Bertz CT molecular complexity index is 409. The molecule has 1 heterocycles. The maximum Gasteiger partial charge on any atom is 0.407 e. The first kappa shape index (κ1) is 15.5. The molecule has 1 unspecified atom stereocenters. The van der Waals surface area contributed by atoms with Gasteiger partial charge in [0.2, 0.25) is 0 Å². The van der Waals surface area contributed by atoms with E-state index in [9.17, 15) is 4.79 Å². The van der Waals surface area contributed by atoms with Gasteiger partial charge in [-0.2, -0.15) is 5.10 Å². The van der Waals surface area contributed by atoms with E-state index in [0.717, 1.165) is 5.69 Å². The van der Waals surface area contributed by atoms with Gasteiger partial charge in [0.1, 0.15) is 5.60 Å². The van der Waals surface area contributed by atoms with Gasteiger partial charge in [-0.25, -0.2) is 4.79 Å². The summed E-state index contributed by atoms with van der Waals surface area (Å²) in [5, 5.41) is 10.1. The first-order valence-corrected chi connectivity index (χ1v) is 6.45. The fraction of sp³-hybridized carbons (Fsp3) is 0.692. The maximum atomic E-state index is 11.5. The van der Waals surface area contributed by atoms with Crippen molar-refractivity contribution in [2.45, 2.75) is 45.9 Å². The van der Waals surface area contributed by atoms with Crippen LogP contribution in [-0.4, -0.2) is 34.1 Å². The molecule has 1 aromatic heterocycles. The number of nitrogens with one attached hydrogen (secondary N) is 2. The first-order valence-electron chi connectivity index (χ1n) is 6.45. The highest BCUT2D eigenvalue weighted by Gasteiger charge is 2.16. The number of rotatable bonds is 5. The van der Waals surface area contributed by atoms with Crippen LogP contribution in [0.25, 0.3) is 0 Å². The van der Waals surface area contributed by atoms with Crippen LogP contribution in [0.2, 0.25) is 0 Å². The normalized spacial score (nSPS) is 13.1. The molecule has 0 fully saturated rings. The molecule has 0 bridgehead atoms. The van der Waals surface area contributed by atoms with Crippen LogP contribution >= 0.6 is 0 Å². The molecule has 2 N–H and O–H groups in total. The largest absolute Gasteiger partial charge is 0.444 e. The molecular weight excluding hydrogens is 244 g/mol. The van der Waals surface area contributed by atoms with Gasteiger partial charge in [-0.1, -0.05) is 0 Å². The molecule has 1 rings (SSSR count). The lowest BCUT2D eigenvalue weighted by atomic mass is 10.2. The average molecular weight is 268 g/mol. The number of aryl methyl sites for hydroxylation is 1. The predicted octanol–water partition coefficient (Wildman–Crippen LogP) is 1.42. The number of amides is 1. The minimum Gasteiger partial charge on any atom is -0.444 e. The fourth-order valence-electron chi connectivity index (χ4n) is 1.48. The van der Waals surface area contributed by atoms with Crippen molar-refractivity contribution in [2.75, 3.05) is 6.54 Å². The van der Waals surface area contributed by atoms with Crippen LogP contribution in [0.1, 0.15) is 33.4 Å². The van der Waals surface area contributed by atoms with Gasteiger partial charge in [0.25, 0.3) is 0 Å². The summed E-state index contributed by atoms with van der Waals surface area (Å²) in [5.74, 6) is 0. The molecule has 6 nitrogen and oxygen atoms in total. The van der Waals surface area contributed by atoms with Gasteiger partial charge >= 0.3 is 6.09 Å². The molecule has 0 saturated heterocycles. The summed E-state index contributed by atoms with van der Waals surface area (Å²) in [7, 11) is 1.90. The van der Waals surface area contributed by atoms with E-state index in [-0.39, 0.29) is 12.1 Å². The van der Waals surface area contributed by atoms with Crippen LogP contribution in [0.5, 0.6) is 0 Å². The Morgan fingerprint density at radius 1 is 1.53 bits per heavy atom. The molecule has 0 saturated carbocycles. The first-order chi connectivity index (χ1) is 8.78. The molecule has 6 heteroatoms. The van der Waals surface area contributed by atoms with Crippen LogP contribution < -0.4 is 10.6 Å². The lowest BCUT2D eigenvalue weighted by molar-refractivity contribution is 0.0523. The van der Waals surface area contributed by atoms with Crippen LogP contribution in [0, 0.1) is 0 Å². The molecule has 0 spiro atoms. The second-order valence-corrected chi connectivity index (χ2v) is 5.61. The highest BCUT2D eigenvalue weighted by Crippen LogP contribution is 2.06. The van der Waals surface area contributed by atoms with E-state index >= 15 is 0 Å². The van der Waals surface area contributed by atoms with E-state index in [1.807, 2.05) is 45.5 Å². The number of hydrogen-bond donors (Lipinski definition) is 2. The van der Waals surface area contributed by atoms with Gasteiger partial charge in [-0.3, -0.25) is 4.68 Å². The third kappa shape index (κ3) is 6.24. The van der Waals surface area contributed by atoms with Crippen LogP contribution in [-0.2, 0) is 18.3 Å². The number of ether oxygens (including phenoxy) is 1. The summed E-state index contributed by atoms with van der Waals surface area (Å²) < 4.78 is 6.99. The SMILES string of the molecule is CC(CNC(=O)OC(C)(C)C)NCc1ccnn1C. The third-order valence-corrected chi connectivity index (χ3v) is 2.51. The lowest BCUT2D eigenvalue weighted by Crippen LogP contribution is -2.41. The van der Waals surface area contributed by atoms with E-state index in [1.54, 1.807) is 6.20 Å². The van der Waals surface area contributed by atoms with Crippen molar-refractivity contribution in [2.24, 2.45) is 7.05 Å². The number of carbonyl (C=O) groups is 1. The Morgan fingerprint density at radius 3 is 2.74 bits per heavy atom. The van der Waals surface area contributed by atoms with Crippen LogP contribution in [0.15, 0.2) is 12.3 Å². The van der Waals surface area contributed by atoms with Gasteiger partial charge in [0.15, 0.2) is 0 Å². The fourth-order valence-corrected chi connectivity index (χ4v) is 1.48. The minimum atomic E-state index is -0.463. The van der Waals surface area contributed by atoms with Gasteiger partial charge in [-0.15, -0.1) is 0 Å². The summed E-state index contributed by atoms with van der Waals surface area (Å²) in [5.41, 5.74) is 0.638. The van der Waals surface area contributed by atoms with Crippen molar-refractivity contribution in [1.82, 2.24) is 20.4 Å². The molecule has 1 amide bonds. The predicted molar refractivity (Wildman–Crippen MR) is 73.7 cm³/mol. The van der Waals surface area contributed by atoms with Crippen molar-refractivity contribution >= 4 is 6.09 Å². The van der Waals surface area contributed by atoms with Crippen LogP contribution in [0.3, 0.4) is 0 Å². The van der Waals surface area contributed by atoms with Crippen molar-refractivity contribution in [3.63, 3.8) is 0 Å². The van der Waals surface area contributed by atoms with Crippen molar-refractivity contribution < 1.29 is 9.53 Å². The zero-order valence-electron chi connectivity index (χ0n) is 12.4. The standard InChI is InChI=1S/C13H24N4O2/c1-10(8-15-12(18)19-13(2,3)4)14-9-11-6-7-16-17(11)5/h6-7,10,14H,8-9H2,1-5H3,(H,15,18). The third-order valence-electron chi connectivity index (χ3n) is 2.51. The Balaban J connectivity index is 2.23. The average Bonchev–Trinajstić information content (AvgIpc) is 2.67. The van der Waals surface area contributed by atoms with Gasteiger partial charge in [0, 0.05) is 32.4 Å².